The molecule has 0 spiro atoms. The Balaban J connectivity index is 2.78. The minimum atomic E-state index is -0.861. The van der Waals surface area contributed by atoms with E-state index in [1.807, 2.05) is 36.1 Å². The lowest BCUT2D eigenvalue weighted by molar-refractivity contribution is -0.149. The maximum absolute atomic E-state index is 11.3. The van der Waals surface area contributed by atoms with E-state index in [9.17, 15) is 9.90 Å². The molecule has 1 aromatic carbocycles. The zero-order valence-corrected chi connectivity index (χ0v) is 12.1. The predicted octanol–water partition coefficient (Wildman–Crippen LogP) is 2.52. The van der Waals surface area contributed by atoms with Gasteiger partial charge in [-0.15, -0.1) is 0 Å². The van der Waals surface area contributed by atoms with Crippen LogP contribution in [0.4, 0.5) is 0 Å². The number of ether oxygens (including phenoxy) is 1. The van der Waals surface area contributed by atoms with Gasteiger partial charge in [-0.25, -0.2) is 0 Å². The molecule has 0 saturated carbocycles. The Morgan fingerprint density at radius 2 is 1.79 bits per heavy atom. The third kappa shape index (κ3) is 4.04. The largest absolute Gasteiger partial charge is 0.480 e. The first kappa shape index (κ1) is 15.7. The zero-order valence-electron chi connectivity index (χ0n) is 12.1. The van der Waals surface area contributed by atoms with Crippen LogP contribution in [-0.4, -0.2) is 35.2 Å². The molecule has 4 heteroatoms. The molecule has 0 saturated heterocycles. The second-order valence-corrected chi connectivity index (χ2v) is 5.13. The molecule has 0 unspecified atom stereocenters. The molecule has 19 heavy (non-hydrogen) atoms. The van der Waals surface area contributed by atoms with Crippen LogP contribution in [0.3, 0.4) is 0 Å². The summed E-state index contributed by atoms with van der Waals surface area (Å²) in [5.74, 6) is -0.801. The molecule has 1 aromatic rings. The van der Waals surface area contributed by atoms with E-state index in [0.717, 1.165) is 11.1 Å². The molecule has 0 aliphatic heterocycles. The SMILES string of the molecule is CCN(Cc1ccc(COC)cc1)C(C)(C)C(=O)O. The predicted molar refractivity (Wildman–Crippen MR) is 75.0 cm³/mol. The summed E-state index contributed by atoms with van der Waals surface area (Å²) in [5.41, 5.74) is 1.36. The van der Waals surface area contributed by atoms with E-state index in [2.05, 4.69) is 0 Å². The average molecular weight is 265 g/mol. The monoisotopic (exact) mass is 265 g/mol. The number of rotatable bonds is 7. The van der Waals surface area contributed by atoms with Crippen LogP contribution in [0.5, 0.6) is 0 Å². The molecular formula is C15H23NO3. The first-order chi connectivity index (χ1) is 8.91. The Hall–Kier alpha value is -1.39. The second-order valence-electron chi connectivity index (χ2n) is 5.13. The van der Waals surface area contributed by atoms with E-state index >= 15 is 0 Å². The van der Waals surface area contributed by atoms with Crippen molar-refractivity contribution in [3.63, 3.8) is 0 Å². The third-order valence-electron chi connectivity index (χ3n) is 3.40. The molecule has 1 rings (SSSR count). The van der Waals surface area contributed by atoms with Gasteiger partial charge in [0.2, 0.25) is 0 Å². The van der Waals surface area contributed by atoms with Crippen molar-refractivity contribution >= 4 is 5.97 Å². The van der Waals surface area contributed by atoms with Crippen LogP contribution in [0.2, 0.25) is 0 Å². The van der Waals surface area contributed by atoms with E-state index in [1.54, 1.807) is 21.0 Å². The number of carbonyl (C=O) groups is 1. The fraction of sp³-hybridized carbons (Fsp3) is 0.533. The van der Waals surface area contributed by atoms with Crippen LogP contribution in [0.1, 0.15) is 31.9 Å². The van der Waals surface area contributed by atoms with Crippen molar-refractivity contribution in [3.05, 3.63) is 35.4 Å². The van der Waals surface area contributed by atoms with E-state index in [-0.39, 0.29) is 0 Å². The second kappa shape index (κ2) is 6.68. The summed E-state index contributed by atoms with van der Waals surface area (Å²) in [6, 6.07) is 8.07. The highest BCUT2D eigenvalue weighted by molar-refractivity contribution is 5.77. The van der Waals surface area contributed by atoms with Gasteiger partial charge in [0.05, 0.1) is 6.61 Å². The van der Waals surface area contributed by atoms with Gasteiger partial charge in [-0.05, 0) is 31.5 Å². The summed E-state index contributed by atoms with van der Waals surface area (Å²) in [5, 5.41) is 9.28. The number of likely N-dealkylation sites (N-methyl/N-ethyl adjacent to an activating group) is 1. The number of carboxylic acids is 1. The first-order valence-electron chi connectivity index (χ1n) is 6.47. The molecular weight excluding hydrogens is 242 g/mol. The van der Waals surface area contributed by atoms with Gasteiger partial charge in [0.25, 0.3) is 0 Å². The normalized spacial score (nSPS) is 11.8. The maximum Gasteiger partial charge on any atom is 0.323 e. The molecule has 0 radical (unpaired) electrons. The Labute approximate surface area is 115 Å². The highest BCUT2D eigenvalue weighted by Gasteiger charge is 2.33. The van der Waals surface area contributed by atoms with Crippen molar-refractivity contribution in [2.45, 2.75) is 39.5 Å². The van der Waals surface area contributed by atoms with Crippen molar-refractivity contribution in [1.82, 2.24) is 4.90 Å². The summed E-state index contributed by atoms with van der Waals surface area (Å²) >= 11 is 0. The number of carboxylic acid groups (broad SMARTS) is 1. The van der Waals surface area contributed by atoms with Crippen molar-refractivity contribution in [2.75, 3.05) is 13.7 Å². The van der Waals surface area contributed by atoms with E-state index in [1.165, 1.54) is 0 Å². The number of methoxy groups -OCH3 is 1. The summed E-state index contributed by atoms with van der Waals surface area (Å²) in [4.78, 5) is 13.2. The smallest absolute Gasteiger partial charge is 0.323 e. The summed E-state index contributed by atoms with van der Waals surface area (Å²) < 4.78 is 5.07. The van der Waals surface area contributed by atoms with Crippen LogP contribution < -0.4 is 0 Å². The molecule has 0 aromatic heterocycles. The van der Waals surface area contributed by atoms with Gasteiger partial charge in [-0.1, -0.05) is 31.2 Å². The van der Waals surface area contributed by atoms with Crippen LogP contribution in [0, 0.1) is 0 Å². The van der Waals surface area contributed by atoms with Gasteiger partial charge in [0.15, 0.2) is 0 Å². The molecule has 1 N–H and O–H groups in total. The number of benzene rings is 1. The fourth-order valence-electron chi connectivity index (χ4n) is 1.97. The summed E-state index contributed by atoms with van der Waals surface area (Å²) in [6.45, 7) is 7.36. The number of aliphatic carboxylic acids is 1. The Bertz CT molecular complexity index is 412. The van der Waals surface area contributed by atoms with Crippen molar-refractivity contribution < 1.29 is 14.6 Å². The molecule has 0 fully saturated rings. The van der Waals surface area contributed by atoms with E-state index in [0.29, 0.717) is 19.7 Å². The molecule has 0 aliphatic carbocycles. The molecule has 0 heterocycles. The molecule has 0 bridgehead atoms. The quantitative estimate of drug-likeness (QED) is 0.823. The van der Waals surface area contributed by atoms with E-state index < -0.39 is 11.5 Å². The molecule has 0 aliphatic rings. The lowest BCUT2D eigenvalue weighted by Crippen LogP contribution is -2.49. The Morgan fingerprint density at radius 3 is 2.21 bits per heavy atom. The number of nitrogens with zero attached hydrogens (tertiary/aromatic N) is 1. The van der Waals surface area contributed by atoms with Crippen LogP contribution >= 0.6 is 0 Å². The highest BCUT2D eigenvalue weighted by Crippen LogP contribution is 2.18. The Morgan fingerprint density at radius 1 is 1.26 bits per heavy atom. The first-order valence-corrected chi connectivity index (χ1v) is 6.47. The molecule has 4 nitrogen and oxygen atoms in total. The van der Waals surface area contributed by atoms with Crippen molar-refractivity contribution in [1.29, 1.82) is 0 Å². The standard InChI is InChI=1S/C15H23NO3/c1-5-16(15(2,3)14(17)18)10-12-6-8-13(9-7-12)11-19-4/h6-9H,5,10-11H2,1-4H3,(H,17,18). The van der Waals surface area contributed by atoms with Gasteiger partial charge in [0, 0.05) is 13.7 Å². The van der Waals surface area contributed by atoms with Gasteiger partial charge < -0.3 is 9.84 Å². The minimum Gasteiger partial charge on any atom is -0.480 e. The summed E-state index contributed by atoms with van der Waals surface area (Å²) in [6.07, 6.45) is 0. The zero-order chi connectivity index (χ0) is 14.5. The molecule has 0 amide bonds. The number of hydrogen-bond donors (Lipinski definition) is 1. The van der Waals surface area contributed by atoms with Crippen LogP contribution in [-0.2, 0) is 22.7 Å². The fourth-order valence-corrected chi connectivity index (χ4v) is 1.97. The van der Waals surface area contributed by atoms with Gasteiger partial charge in [0.1, 0.15) is 5.54 Å². The third-order valence-corrected chi connectivity index (χ3v) is 3.40. The summed E-state index contributed by atoms with van der Waals surface area (Å²) in [7, 11) is 1.67. The van der Waals surface area contributed by atoms with Crippen molar-refractivity contribution in [3.8, 4) is 0 Å². The van der Waals surface area contributed by atoms with Gasteiger partial charge >= 0.3 is 5.97 Å². The lowest BCUT2D eigenvalue weighted by atomic mass is 10.0. The topological polar surface area (TPSA) is 49.8 Å². The molecule has 106 valence electrons. The maximum atomic E-state index is 11.3. The van der Waals surface area contributed by atoms with Gasteiger partial charge in [-0.2, -0.15) is 0 Å². The van der Waals surface area contributed by atoms with Crippen LogP contribution in [0.15, 0.2) is 24.3 Å². The molecule has 0 atom stereocenters. The van der Waals surface area contributed by atoms with E-state index in [4.69, 9.17) is 4.74 Å². The highest BCUT2D eigenvalue weighted by atomic mass is 16.5. The minimum absolute atomic E-state index is 0.596. The number of hydrogen-bond acceptors (Lipinski definition) is 3. The average Bonchev–Trinajstić information content (AvgIpc) is 2.37. The Kier molecular flexibility index (Phi) is 5.51. The van der Waals surface area contributed by atoms with Crippen LogP contribution in [0.25, 0.3) is 0 Å². The van der Waals surface area contributed by atoms with Gasteiger partial charge in [-0.3, -0.25) is 9.69 Å². The lowest BCUT2D eigenvalue weighted by Gasteiger charge is -2.34. The van der Waals surface area contributed by atoms with Crippen molar-refractivity contribution in [2.24, 2.45) is 0 Å².